The lowest BCUT2D eigenvalue weighted by atomic mass is 10.1. The van der Waals surface area contributed by atoms with Crippen LogP contribution in [-0.2, 0) is 6.61 Å². The van der Waals surface area contributed by atoms with Crippen LogP contribution in [0.2, 0.25) is 0 Å². The smallest absolute Gasteiger partial charge is 0.0681 e. The summed E-state index contributed by atoms with van der Waals surface area (Å²) in [5, 5.41) is 8.74. The van der Waals surface area contributed by atoms with Crippen LogP contribution >= 0.6 is 0 Å². The van der Waals surface area contributed by atoms with Crippen molar-refractivity contribution in [1.82, 2.24) is 0 Å². The van der Waals surface area contributed by atoms with E-state index >= 15 is 0 Å². The summed E-state index contributed by atoms with van der Waals surface area (Å²) in [6.07, 6.45) is 4.02. The van der Waals surface area contributed by atoms with Crippen molar-refractivity contribution < 1.29 is 5.11 Å². The second kappa shape index (κ2) is 3.94. The van der Waals surface area contributed by atoms with Crippen molar-refractivity contribution in [2.45, 2.75) is 13.5 Å². The van der Waals surface area contributed by atoms with Gasteiger partial charge in [0, 0.05) is 0 Å². The predicted molar refractivity (Wildman–Crippen MR) is 47.1 cm³/mol. The Balaban J connectivity index is 2.82. The average molecular weight is 148 g/mol. The minimum atomic E-state index is 0.121. The molecular weight excluding hydrogens is 136 g/mol. The number of allylic oxidation sites excluding steroid dienone is 1. The van der Waals surface area contributed by atoms with Gasteiger partial charge in [-0.2, -0.15) is 0 Å². The Morgan fingerprint density at radius 3 is 2.36 bits per heavy atom. The van der Waals surface area contributed by atoms with Crippen LogP contribution in [0.25, 0.3) is 6.08 Å². The second-order valence-electron chi connectivity index (χ2n) is 2.40. The van der Waals surface area contributed by atoms with Crippen LogP contribution in [0.1, 0.15) is 18.1 Å². The number of hydrogen-bond donors (Lipinski definition) is 1. The molecule has 11 heavy (non-hydrogen) atoms. The fraction of sp³-hybridized carbons (Fsp3) is 0.200. The van der Waals surface area contributed by atoms with Gasteiger partial charge in [0.25, 0.3) is 0 Å². The van der Waals surface area contributed by atoms with Crippen molar-refractivity contribution in [2.24, 2.45) is 0 Å². The lowest BCUT2D eigenvalue weighted by Crippen LogP contribution is -1.81. The number of benzene rings is 1. The molecule has 0 aliphatic rings. The Morgan fingerprint density at radius 1 is 1.27 bits per heavy atom. The highest BCUT2D eigenvalue weighted by molar-refractivity contribution is 5.49. The van der Waals surface area contributed by atoms with Gasteiger partial charge in [-0.1, -0.05) is 36.4 Å². The van der Waals surface area contributed by atoms with Gasteiger partial charge in [-0.15, -0.1) is 0 Å². The first kappa shape index (κ1) is 8.02. The third-order valence-electron chi connectivity index (χ3n) is 1.52. The number of aliphatic hydroxyl groups is 1. The highest BCUT2D eigenvalue weighted by Gasteiger charge is 1.87. The minimum absolute atomic E-state index is 0.121. The van der Waals surface area contributed by atoms with Gasteiger partial charge in [0.15, 0.2) is 0 Å². The van der Waals surface area contributed by atoms with E-state index in [-0.39, 0.29) is 6.61 Å². The first-order chi connectivity index (χ1) is 5.36. The third-order valence-corrected chi connectivity index (χ3v) is 1.52. The van der Waals surface area contributed by atoms with E-state index in [4.69, 9.17) is 5.11 Å². The maximum Gasteiger partial charge on any atom is 0.0681 e. The van der Waals surface area contributed by atoms with Gasteiger partial charge >= 0.3 is 0 Å². The zero-order valence-corrected chi connectivity index (χ0v) is 6.62. The van der Waals surface area contributed by atoms with E-state index < -0.39 is 0 Å². The normalized spacial score (nSPS) is 10.7. The summed E-state index contributed by atoms with van der Waals surface area (Å²) in [6.45, 7) is 2.11. The molecule has 0 spiro atoms. The molecule has 1 N–H and O–H groups in total. The van der Waals surface area contributed by atoms with E-state index in [1.54, 1.807) is 0 Å². The molecule has 0 amide bonds. The summed E-state index contributed by atoms with van der Waals surface area (Å²) in [4.78, 5) is 0. The molecule has 0 aromatic heterocycles. The lowest BCUT2D eigenvalue weighted by molar-refractivity contribution is 0.282. The molecule has 0 unspecified atom stereocenters. The number of hydrogen-bond acceptors (Lipinski definition) is 1. The highest BCUT2D eigenvalue weighted by atomic mass is 16.3. The summed E-state index contributed by atoms with van der Waals surface area (Å²) in [6, 6.07) is 7.84. The van der Waals surface area contributed by atoms with Crippen LogP contribution in [-0.4, -0.2) is 5.11 Å². The van der Waals surface area contributed by atoms with Gasteiger partial charge in [-0.25, -0.2) is 0 Å². The van der Waals surface area contributed by atoms with Gasteiger partial charge < -0.3 is 5.11 Å². The molecule has 0 atom stereocenters. The Labute approximate surface area is 67.0 Å². The van der Waals surface area contributed by atoms with Crippen LogP contribution in [0.5, 0.6) is 0 Å². The van der Waals surface area contributed by atoms with Crippen LogP contribution < -0.4 is 0 Å². The van der Waals surface area contributed by atoms with Crippen LogP contribution in [0.3, 0.4) is 0 Å². The molecule has 0 bridgehead atoms. The highest BCUT2D eigenvalue weighted by Crippen LogP contribution is 2.05. The minimum Gasteiger partial charge on any atom is -0.392 e. The van der Waals surface area contributed by atoms with Crippen molar-refractivity contribution in [1.29, 1.82) is 0 Å². The van der Waals surface area contributed by atoms with Crippen LogP contribution in [0.15, 0.2) is 30.3 Å². The molecule has 0 saturated heterocycles. The molecule has 0 fully saturated rings. The molecule has 1 aromatic rings. The van der Waals surface area contributed by atoms with Crippen molar-refractivity contribution >= 4 is 6.08 Å². The third kappa shape index (κ3) is 2.20. The quantitative estimate of drug-likeness (QED) is 0.681. The van der Waals surface area contributed by atoms with E-state index in [0.29, 0.717) is 0 Å². The molecule has 0 saturated carbocycles. The molecule has 1 nitrogen and oxygen atoms in total. The molecule has 58 valence electrons. The summed E-state index contributed by atoms with van der Waals surface area (Å²) < 4.78 is 0. The standard InChI is InChI=1S/C10H12O/c1-2-3-9-4-6-10(8-11)7-5-9/h2-7,11H,8H2,1H3. The summed E-state index contributed by atoms with van der Waals surface area (Å²) >= 11 is 0. The maximum atomic E-state index is 8.74. The van der Waals surface area contributed by atoms with Crippen molar-refractivity contribution in [2.75, 3.05) is 0 Å². The summed E-state index contributed by atoms with van der Waals surface area (Å²) in [5.74, 6) is 0. The SMILES string of the molecule is CC=Cc1ccc(CO)cc1. The van der Waals surface area contributed by atoms with Gasteiger partial charge in [-0.3, -0.25) is 0 Å². The molecule has 0 aliphatic carbocycles. The molecule has 1 aromatic carbocycles. The Bertz CT molecular complexity index is 234. The van der Waals surface area contributed by atoms with Crippen molar-refractivity contribution in [3.63, 3.8) is 0 Å². The zero-order valence-electron chi connectivity index (χ0n) is 6.62. The topological polar surface area (TPSA) is 20.2 Å². The number of aliphatic hydroxyl groups excluding tert-OH is 1. The van der Waals surface area contributed by atoms with E-state index in [9.17, 15) is 0 Å². The molecule has 0 aliphatic heterocycles. The summed E-state index contributed by atoms with van der Waals surface area (Å²) in [7, 11) is 0. The maximum absolute atomic E-state index is 8.74. The zero-order chi connectivity index (χ0) is 8.10. The molecule has 1 heteroatoms. The first-order valence-electron chi connectivity index (χ1n) is 3.69. The van der Waals surface area contributed by atoms with Gasteiger partial charge in [0.1, 0.15) is 0 Å². The van der Waals surface area contributed by atoms with E-state index in [1.165, 1.54) is 5.56 Å². The number of rotatable bonds is 2. The Kier molecular flexibility index (Phi) is 2.87. The largest absolute Gasteiger partial charge is 0.392 e. The fourth-order valence-electron chi connectivity index (χ4n) is 0.927. The molecular formula is C10H12O. The second-order valence-corrected chi connectivity index (χ2v) is 2.40. The van der Waals surface area contributed by atoms with Crippen LogP contribution in [0, 0.1) is 0 Å². The molecule has 0 heterocycles. The monoisotopic (exact) mass is 148 g/mol. The summed E-state index contributed by atoms with van der Waals surface area (Å²) in [5.41, 5.74) is 2.13. The Morgan fingerprint density at radius 2 is 1.91 bits per heavy atom. The Hall–Kier alpha value is -1.08. The van der Waals surface area contributed by atoms with Crippen molar-refractivity contribution in [3.8, 4) is 0 Å². The van der Waals surface area contributed by atoms with E-state index in [1.807, 2.05) is 43.3 Å². The molecule has 0 radical (unpaired) electrons. The first-order valence-corrected chi connectivity index (χ1v) is 3.69. The van der Waals surface area contributed by atoms with Gasteiger partial charge in [0.2, 0.25) is 0 Å². The fourth-order valence-corrected chi connectivity index (χ4v) is 0.927. The van der Waals surface area contributed by atoms with Crippen LogP contribution in [0.4, 0.5) is 0 Å². The molecule has 1 rings (SSSR count). The van der Waals surface area contributed by atoms with Gasteiger partial charge in [-0.05, 0) is 18.1 Å². The van der Waals surface area contributed by atoms with Gasteiger partial charge in [0.05, 0.1) is 6.61 Å². The lowest BCUT2D eigenvalue weighted by Gasteiger charge is -1.95. The predicted octanol–water partition coefficient (Wildman–Crippen LogP) is 2.21. The van der Waals surface area contributed by atoms with E-state index in [0.717, 1.165) is 5.56 Å². The average Bonchev–Trinajstić information content (AvgIpc) is 2.07. The van der Waals surface area contributed by atoms with E-state index in [2.05, 4.69) is 0 Å². The van der Waals surface area contributed by atoms with Crippen molar-refractivity contribution in [3.05, 3.63) is 41.5 Å².